The van der Waals surface area contributed by atoms with E-state index < -0.39 is 0 Å². The van der Waals surface area contributed by atoms with E-state index in [1.165, 1.54) is 6.20 Å². The molecule has 6 heteroatoms. The quantitative estimate of drug-likeness (QED) is 0.777. The maximum Gasteiger partial charge on any atom is 0.271 e. The van der Waals surface area contributed by atoms with Gasteiger partial charge in [-0.05, 0) is 43.5 Å². The van der Waals surface area contributed by atoms with Gasteiger partial charge in [-0.15, -0.1) is 0 Å². The highest BCUT2D eigenvalue weighted by Crippen LogP contribution is 2.18. The second-order valence-electron chi connectivity index (χ2n) is 5.81. The fraction of sp³-hybridized carbons (Fsp3) is 0.389. The van der Waals surface area contributed by atoms with Gasteiger partial charge in [-0.25, -0.2) is 9.97 Å². The highest BCUT2D eigenvalue weighted by molar-refractivity contribution is 5.92. The SMILES string of the molecule is CCOc1ccc(Nc2cnc(C(=O)NCCC(C)C)cn2)cc1. The first kappa shape index (κ1) is 17.7. The summed E-state index contributed by atoms with van der Waals surface area (Å²) in [5.74, 6) is 1.76. The first-order chi connectivity index (χ1) is 11.6. The predicted molar refractivity (Wildman–Crippen MR) is 94.7 cm³/mol. The van der Waals surface area contributed by atoms with Crippen LogP contribution < -0.4 is 15.4 Å². The van der Waals surface area contributed by atoms with Crippen LogP contribution in [0, 0.1) is 5.92 Å². The summed E-state index contributed by atoms with van der Waals surface area (Å²) < 4.78 is 5.40. The van der Waals surface area contributed by atoms with Crippen molar-refractivity contribution in [1.29, 1.82) is 0 Å². The van der Waals surface area contributed by atoms with Crippen LogP contribution in [0.3, 0.4) is 0 Å². The van der Waals surface area contributed by atoms with Crippen molar-refractivity contribution in [2.45, 2.75) is 27.2 Å². The second-order valence-corrected chi connectivity index (χ2v) is 5.81. The smallest absolute Gasteiger partial charge is 0.271 e. The van der Waals surface area contributed by atoms with Gasteiger partial charge in [-0.3, -0.25) is 4.79 Å². The normalized spacial score (nSPS) is 10.5. The summed E-state index contributed by atoms with van der Waals surface area (Å²) in [7, 11) is 0. The number of benzene rings is 1. The Balaban J connectivity index is 1.90. The maximum absolute atomic E-state index is 11.9. The first-order valence-electron chi connectivity index (χ1n) is 8.18. The van der Waals surface area contributed by atoms with Crippen molar-refractivity contribution in [3.63, 3.8) is 0 Å². The lowest BCUT2D eigenvalue weighted by Crippen LogP contribution is -2.26. The van der Waals surface area contributed by atoms with Gasteiger partial charge in [-0.1, -0.05) is 13.8 Å². The van der Waals surface area contributed by atoms with E-state index in [4.69, 9.17) is 4.74 Å². The Hall–Kier alpha value is -2.63. The molecule has 0 aliphatic carbocycles. The molecular weight excluding hydrogens is 304 g/mol. The zero-order chi connectivity index (χ0) is 17.4. The lowest BCUT2D eigenvalue weighted by Gasteiger charge is -2.08. The number of ether oxygens (including phenoxy) is 1. The molecule has 0 unspecified atom stereocenters. The molecule has 0 spiro atoms. The first-order valence-corrected chi connectivity index (χ1v) is 8.18. The van der Waals surface area contributed by atoms with Crippen LogP contribution in [-0.2, 0) is 0 Å². The molecule has 0 aliphatic heterocycles. The highest BCUT2D eigenvalue weighted by atomic mass is 16.5. The van der Waals surface area contributed by atoms with E-state index in [2.05, 4.69) is 34.4 Å². The van der Waals surface area contributed by atoms with Gasteiger partial charge in [0.15, 0.2) is 0 Å². The molecule has 0 bridgehead atoms. The van der Waals surface area contributed by atoms with Crippen LogP contribution in [0.15, 0.2) is 36.7 Å². The Kier molecular flexibility index (Phi) is 6.54. The molecule has 1 aromatic heterocycles. The molecule has 0 atom stereocenters. The largest absolute Gasteiger partial charge is 0.494 e. The second kappa shape index (κ2) is 8.86. The van der Waals surface area contributed by atoms with Gasteiger partial charge in [0.05, 0.1) is 19.0 Å². The van der Waals surface area contributed by atoms with E-state index in [-0.39, 0.29) is 5.91 Å². The molecule has 0 saturated carbocycles. The lowest BCUT2D eigenvalue weighted by molar-refractivity contribution is 0.0946. The number of aromatic nitrogens is 2. The zero-order valence-corrected chi connectivity index (χ0v) is 14.4. The van der Waals surface area contributed by atoms with Crippen LogP contribution in [0.2, 0.25) is 0 Å². The van der Waals surface area contributed by atoms with Crippen molar-refractivity contribution in [3.8, 4) is 5.75 Å². The topological polar surface area (TPSA) is 76.1 Å². The van der Waals surface area contributed by atoms with Crippen molar-refractivity contribution >= 4 is 17.4 Å². The third-order valence-electron chi connectivity index (χ3n) is 3.33. The molecule has 2 N–H and O–H groups in total. The van der Waals surface area contributed by atoms with E-state index in [9.17, 15) is 4.79 Å². The average Bonchev–Trinajstić information content (AvgIpc) is 2.57. The Morgan fingerprint density at radius 3 is 2.50 bits per heavy atom. The van der Waals surface area contributed by atoms with Crippen LogP contribution in [0.5, 0.6) is 5.75 Å². The number of anilines is 2. The third-order valence-corrected chi connectivity index (χ3v) is 3.33. The highest BCUT2D eigenvalue weighted by Gasteiger charge is 2.08. The van der Waals surface area contributed by atoms with Crippen molar-refractivity contribution in [3.05, 3.63) is 42.4 Å². The van der Waals surface area contributed by atoms with Crippen molar-refractivity contribution in [2.75, 3.05) is 18.5 Å². The van der Waals surface area contributed by atoms with E-state index in [1.54, 1.807) is 6.20 Å². The van der Waals surface area contributed by atoms with Gasteiger partial charge >= 0.3 is 0 Å². The monoisotopic (exact) mass is 328 g/mol. The Labute approximate surface area is 142 Å². The summed E-state index contributed by atoms with van der Waals surface area (Å²) in [6.07, 6.45) is 3.96. The molecular formula is C18H24N4O2. The van der Waals surface area contributed by atoms with E-state index in [0.29, 0.717) is 30.6 Å². The molecule has 6 nitrogen and oxygen atoms in total. The predicted octanol–water partition coefficient (Wildman–Crippen LogP) is 3.39. The zero-order valence-electron chi connectivity index (χ0n) is 14.4. The van der Waals surface area contributed by atoms with Crippen molar-refractivity contribution in [2.24, 2.45) is 5.92 Å². The molecule has 0 fully saturated rings. The van der Waals surface area contributed by atoms with Crippen molar-refractivity contribution in [1.82, 2.24) is 15.3 Å². The number of amides is 1. The average molecular weight is 328 g/mol. The molecule has 128 valence electrons. The van der Waals surface area contributed by atoms with Gasteiger partial charge in [0, 0.05) is 12.2 Å². The Bertz CT molecular complexity index is 639. The summed E-state index contributed by atoms with van der Waals surface area (Å²) >= 11 is 0. The minimum absolute atomic E-state index is 0.198. The van der Waals surface area contributed by atoms with Crippen LogP contribution >= 0.6 is 0 Å². The maximum atomic E-state index is 11.9. The van der Waals surface area contributed by atoms with Crippen LogP contribution in [0.25, 0.3) is 0 Å². The Morgan fingerprint density at radius 1 is 1.17 bits per heavy atom. The summed E-state index contributed by atoms with van der Waals surface area (Å²) in [5.41, 5.74) is 1.19. The van der Waals surface area contributed by atoms with Crippen molar-refractivity contribution < 1.29 is 9.53 Å². The van der Waals surface area contributed by atoms with Crippen LogP contribution in [0.1, 0.15) is 37.7 Å². The minimum Gasteiger partial charge on any atom is -0.494 e. The van der Waals surface area contributed by atoms with Crippen LogP contribution in [0.4, 0.5) is 11.5 Å². The Morgan fingerprint density at radius 2 is 1.92 bits per heavy atom. The summed E-state index contributed by atoms with van der Waals surface area (Å²) in [6, 6.07) is 7.57. The minimum atomic E-state index is -0.198. The molecule has 24 heavy (non-hydrogen) atoms. The van der Waals surface area contributed by atoms with E-state index >= 15 is 0 Å². The van der Waals surface area contributed by atoms with Crippen LogP contribution in [-0.4, -0.2) is 29.0 Å². The fourth-order valence-corrected chi connectivity index (χ4v) is 2.02. The fourth-order valence-electron chi connectivity index (χ4n) is 2.02. The number of rotatable bonds is 8. The molecule has 0 saturated heterocycles. The molecule has 2 rings (SSSR count). The van der Waals surface area contributed by atoms with Gasteiger partial charge in [0.1, 0.15) is 17.3 Å². The van der Waals surface area contributed by atoms with Gasteiger partial charge in [-0.2, -0.15) is 0 Å². The molecule has 1 amide bonds. The van der Waals surface area contributed by atoms with Gasteiger partial charge in [0.25, 0.3) is 5.91 Å². The summed E-state index contributed by atoms with van der Waals surface area (Å²) in [4.78, 5) is 20.3. The molecule has 2 aromatic rings. The summed E-state index contributed by atoms with van der Waals surface area (Å²) in [5, 5.41) is 5.98. The lowest BCUT2D eigenvalue weighted by atomic mass is 10.1. The number of nitrogens with one attached hydrogen (secondary N) is 2. The number of carbonyl (C=O) groups excluding carboxylic acids is 1. The van der Waals surface area contributed by atoms with E-state index in [0.717, 1.165) is 17.9 Å². The van der Waals surface area contributed by atoms with Gasteiger partial charge in [0.2, 0.25) is 0 Å². The molecule has 0 aliphatic rings. The van der Waals surface area contributed by atoms with E-state index in [1.807, 2.05) is 31.2 Å². The summed E-state index contributed by atoms with van der Waals surface area (Å²) in [6.45, 7) is 7.46. The third kappa shape index (κ3) is 5.53. The molecule has 1 heterocycles. The molecule has 1 aromatic carbocycles. The number of carbonyl (C=O) groups is 1. The standard InChI is InChI=1S/C18H24N4O2/c1-4-24-15-7-5-14(6-8-15)22-17-12-20-16(11-21-17)18(23)19-10-9-13(2)3/h5-8,11-13H,4,9-10H2,1-3H3,(H,19,23)(H,21,22). The molecule has 0 radical (unpaired) electrons. The number of hydrogen-bond donors (Lipinski definition) is 2. The number of hydrogen-bond acceptors (Lipinski definition) is 5. The number of nitrogens with zero attached hydrogens (tertiary/aromatic N) is 2. The van der Waals surface area contributed by atoms with Gasteiger partial charge < -0.3 is 15.4 Å².